The van der Waals surface area contributed by atoms with E-state index in [0.717, 1.165) is 13.0 Å². The molecule has 6 heteroatoms. The zero-order chi connectivity index (χ0) is 11.6. The number of aliphatic hydroxyl groups excluding tert-OH is 1. The van der Waals surface area contributed by atoms with Gasteiger partial charge in [-0.3, -0.25) is 0 Å². The van der Waals surface area contributed by atoms with E-state index in [1.807, 2.05) is 0 Å². The quantitative estimate of drug-likeness (QED) is 0.692. The molecule has 2 heterocycles. The largest absolute Gasteiger partial charge is 0.389 e. The number of hydrogen-bond donors (Lipinski definition) is 2. The molecule has 0 saturated carbocycles. The Balaban J connectivity index is 1.77. The number of aliphatic hydroxyl groups is 1. The van der Waals surface area contributed by atoms with E-state index in [0.29, 0.717) is 12.6 Å². The van der Waals surface area contributed by atoms with Gasteiger partial charge in [-0.25, -0.2) is 8.42 Å². The maximum absolute atomic E-state index is 11.2. The molecule has 2 rings (SSSR count). The lowest BCUT2D eigenvalue weighted by atomic mass is 10.1. The van der Waals surface area contributed by atoms with Crippen LogP contribution < -0.4 is 5.32 Å². The summed E-state index contributed by atoms with van der Waals surface area (Å²) < 4.78 is 28.0. The van der Waals surface area contributed by atoms with E-state index in [4.69, 9.17) is 4.74 Å². The molecule has 2 aliphatic heterocycles. The first-order valence-electron chi connectivity index (χ1n) is 5.80. The average Bonchev–Trinajstić information content (AvgIpc) is 2.50. The molecule has 94 valence electrons. The third-order valence-electron chi connectivity index (χ3n) is 3.20. The van der Waals surface area contributed by atoms with Gasteiger partial charge >= 0.3 is 0 Å². The van der Waals surface area contributed by atoms with Crippen LogP contribution in [-0.4, -0.2) is 56.4 Å². The Morgan fingerprint density at radius 3 is 2.69 bits per heavy atom. The zero-order valence-electron chi connectivity index (χ0n) is 9.26. The van der Waals surface area contributed by atoms with Crippen LogP contribution in [0.1, 0.15) is 19.3 Å². The van der Waals surface area contributed by atoms with Crippen molar-refractivity contribution < 1.29 is 18.3 Å². The summed E-state index contributed by atoms with van der Waals surface area (Å²) in [5.41, 5.74) is 0. The minimum Gasteiger partial charge on any atom is -0.389 e. The number of piperidine rings is 1. The van der Waals surface area contributed by atoms with Crippen molar-refractivity contribution in [3.05, 3.63) is 0 Å². The second-order valence-electron chi connectivity index (χ2n) is 4.66. The van der Waals surface area contributed by atoms with Crippen molar-refractivity contribution in [1.82, 2.24) is 5.32 Å². The van der Waals surface area contributed by atoms with Gasteiger partial charge in [0.1, 0.15) is 0 Å². The summed E-state index contributed by atoms with van der Waals surface area (Å²) in [6.45, 7) is 1.50. The van der Waals surface area contributed by atoms with Gasteiger partial charge in [0.05, 0.1) is 30.3 Å². The predicted octanol–water partition coefficient (Wildman–Crippen LogP) is -0.697. The highest BCUT2D eigenvalue weighted by molar-refractivity contribution is 7.91. The zero-order valence-corrected chi connectivity index (χ0v) is 10.1. The Morgan fingerprint density at radius 1 is 1.31 bits per heavy atom. The highest BCUT2D eigenvalue weighted by Gasteiger charge is 2.37. The van der Waals surface area contributed by atoms with Crippen LogP contribution in [0.15, 0.2) is 0 Å². The Kier molecular flexibility index (Phi) is 3.84. The monoisotopic (exact) mass is 249 g/mol. The minimum absolute atomic E-state index is 0.0408. The molecule has 16 heavy (non-hydrogen) atoms. The standard InChI is InChI=1S/C10H19NO4S/c12-9-6-16(13,14)7-10(9)15-5-8-3-1-2-4-11-8/h8-12H,1-7H2. The van der Waals surface area contributed by atoms with Gasteiger partial charge in [-0.15, -0.1) is 0 Å². The molecule has 0 bridgehead atoms. The summed E-state index contributed by atoms with van der Waals surface area (Å²) in [5, 5.41) is 12.9. The van der Waals surface area contributed by atoms with Crippen LogP contribution in [0.3, 0.4) is 0 Å². The average molecular weight is 249 g/mol. The van der Waals surface area contributed by atoms with E-state index in [1.54, 1.807) is 0 Å². The topological polar surface area (TPSA) is 75.6 Å². The van der Waals surface area contributed by atoms with Crippen LogP contribution in [0.25, 0.3) is 0 Å². The van der Waals surface area contributed by atoms with Crippen LogP contribution in [0, 0.1) is 0 Å². The summed E-state index contributed by atoms with van der Waals surface area (Å²) in [4.78, 5) is 0. The highest BCUT2D eigenvalue weighted by Crippen LogP contribution is 2.17. The molecule has 2 saturated heterocycles. The van der Waals surface area contributed by atoms with Gasteiger partial charge in [0.2, 0.25) is 0 Å². The van der Waals surface area contributed by atoms with Crippen molar-refractivity contribution in [3.8, 4) is 0 Å². The fourth-order valence-corrected chi connectivity index (χ4v) is 3.95. The first-order chi connectivity index (χ1) is 7.57. The summed E-state index contributed by atoms with van der Waals surface area (Å²) in [6.07, 6.45) is 2.06. The van der Waals surface area contributed by atoms with Crippen LogP contribution in [0.5, 0.6) is 0 Å². The maximum atomic E-state index is 11.2. The maximum Gasteiger partial charge on any atom is 0.155 e. The third kappa shape index (κ3) is 3.16. The van der Waals surface area contributed by atoms with E-state index in [1.165, 1.54) is 12.8 Å². The summed E-state index contributed by atoms with van der Waals surface area (Å²) in [7, 11) is -3.09. The molecule has 2 aliphatic rings. The fraction of sp³-hybridized carbons (Fsp3) is 1.00. The molecule has 0 amide bonds. The summed E-state index contributed by atoms with van der Waals surface area (Å²) in [6, 6.07) is 0.309. The summed E-state index contributed by atoms with van der Waals surface area (Å²) >= 11 is 0. The Hall–Kier alpha value is -0.170. The number of rotatable bonds is 3. The number of sulfone groups is 1. The third-order valence-corrected chi connectivity index (χ3v) is 4.88. The predicted molar refractivity (Wildman–Crippen MR) is 60.0 cm³/mol. The lowest BCUT2D eigenvalue weighted by molar-refractivity contribution is -0.0184. The molecule has 0 spiro atoms. The van der Waals surface area contributed by atoms with Crippen LogP contribution in [-0.2, 0) is 14.6 Å². The van der Waals surface area contributed by atoms with E-state index >= 15 is 0 Å². The van der Waals surface area contributed by atoms with Crippen molar-refractivity contribution in [3.63, 3.8) is 0 Å². The number of hydrogen-bond acceptors (Lipinski definition) is 5. The van der Waals surface area contributed by atoms with Gasteiger partial charge in [-0.05, 0) is 19.4 Å². The first kappa shape index (κ1) is 12.3. The normalized spacial score (nSPS) is 38.7. The second-order valence-corrected chi connectivity index (χ2v) is 6.82. The fourth-order valence-electron chi connectivity index (χ4n) is 2.26. The molecule has 5 nitrogen and oxygen atoms in total. The smallest absolute Gasteiger partial charge is 0.155 e. The van der Waals surface area contributed by atoms with Gasteiger partial charge in [-0.2, -0.15) is 0 Å². The Labute approximate surface area is 96.1 Å². The SMILES string of the molecule is O=S1(=O)CC(O)C(OCC2CCCCN2)C1. The van der Waals surface area contributed by atoms with Gasteiger partial charge in [0.15, 0.2) is 9.84 Å². The molecule has 0 radical (unpaired) electrons. The number of ether oxygens (including phenoxy) is 1. The lowest BCUT2D eigenvalue weighted by Gasteiger charge is -2.25. The Morgan fingerprint density at radius 2 is 2.12 bits per heavy atom. The molecular weight excluding hydrogens is 230 g/mol. The molecule has 0 aromatic heterocycles. The molecule has 0 aromatic carbocycles. The number of nitrogens with one attached hydrogen (secondary N) is 1. The highest BCUT2D eigenvalue weighted by atomic mass is 32.2. The van der Waals surface area contributed by atoms with Gasteiger partial charge in [0, 0.05) is 6.04 Å². The van der Waals surface area contributed by atoms with Gasteiger partial charge in [0.25, 0.3) is 0 Å². The van der Waals surface area contributed by atoms with E-state index in [9.17, 15) is 13.5 Å². The van der Waals surface area contributed by atoms with E-state index in [2.05, 4.69) is 5.32 Å². The Bertz CT molecular complexity index is 324. The van der Waals surface area contributed by atoms with Crippen LogP contribution in [0.2, 0.25) is 0 Å². The van der Waals surface area contributed by atoms with Crippen molar-refractivity contribution in [2.45, 2.75) is 37.5 Å². The van der Waals surface area contributed by atoms with Gasteiger partial charge < -0.3 is 15.2 Å². The van der Waals surface area contributed by atoms with E-state index in [-0.39, 0.29) is 11.5 Å². The van der Waals surface area contributed by atoms with Crippen LogP contribution in [0.4, 0.5) is 0 Å². The molecule has 3 unspecified atom stereocenters. The minimum atomic E-state index is -3.09. The first-order valence-corrected chi connectivity index (χ1v) is 7.62. The molecule has 3 atom stereocenters. The second kappa shape index (κ2) is 5.00. The van der Waals surface area contributed by atoms with Crippen molar-refractivity contribution in [2.75, 3.05) is 24.7 Å². The van der Waals surface area contributed by atoms with Gasteiger partial charge in [-0.1, -0.05) is 6.42 Å². The molecule has 0 aromatic rings. The molecule has 2 N–H and O–H groups in total. The van der Waals surface area contributed by atoms with Crippen molar-refractivity contribution in [1.29, 1.82) is 0 Å². The van der Waals surface area contributed by atoms with Crippen molar-refractivity contribution in [2.24, 2.45) is 0 Å². The van der Waals surface area contributed by atoms with Crippen LogP contribution >= 0.6 is 0 Å². The summed E-state index contributed by atoms with van der Waals surface area (Å²) in [5.74, 6) is -0.198. The molecule has 0 aliphatic carbocycles. The molecular formula is C10H19NO4S. The van der Waals surface area contributed by atoms with E-state index < -0.39 is 22.0 Å². The lowest BCUT2D eigenvalue weighted by Crippen LogP contribution is -2.40. The van der Waals surface area contributed by atoms with Crippen molar-refractivity contribution >= 4 is 9.84 Å². The molecule has 2 fully saturated rings.